The first kappa shape index (κ1) is 16.1. The summed E-state index contributed by atoms with van der Waals surface area (Å²) in [6, 6.07) is 11.2. The molecule has 0 atom stereocenters. The van der Waals surface area contributed by atoms with Gasteiger partial charge in [0.2, 0.25) is 5.78 Å². The first-order chi connectivity index (χ1) is 12.4. The van der Waals surface area contributed by atoms with E-state index in [4.69, 9.17) is 9.47 Å². The first-order valence-electron chi connectivity index (χ1n) is 8.25. The monoisotopic (exact) mass is 347 g/mol. The molecule has 2 aromatic carbocycles. The topological polar surface area (TPSA) is 57.5 Å². The number of nitrogens with zero attached hydrogens (tertiary/aromatic N) is 1. The number of esters is 1. The number of hydrogen-bond acceptors (Lipinski definition) is 4. The van der Waals surface area contributed by atoms with Crippen molar-refractivity contribution >= 4 is 28.7 Å². The van der Waals surface area contributed by atoms with Crippen LogP contribution in [-0.2, 0) is 11.8 Å². The van der Waals surface area contributed by atoms with E-state index in [1.165, 1.54) is 6.92 Å². The van der Waals surface area contributed by atoms with Gasteiger partial charge in [-0.2, -0.15) is 0 Å². The average Bonchev–Trinajstić information content (AvgIpc) is 3.06. The molecule has 3 aromatic rings. The Morgan fingerprint density at radius 3 is 2.77 bits per heavy atom. The highest BCUT2D eigenvalue weighted by atomic mass is 16.5. The normalized spacial score (nSPS) is 14.6. The second-order valence-corrected chi connectivity index (χ2v) is 6.36. The highest BCUT2D eigenvalue weighted by molar-refractivity contribution is 6.16. The van der Waals surface area contributed by atoms with E-state index < -0.39 is 5.97 Å². The molecule has 0 saturated carbocycles. The van der Waals surface area contributed by atoms with E-state index in [2.05, 4.69) is 0 Å². The number of fused-ring (bicyclic) bond motifs is 2. The highest BCUT2D eigenvalue weighted by Crippen LogP contribution is 2.38. The molecule has 5 nitrogen and oxygen atoms in total. The fraction of sp³-hybridized carbons (Fsp3) is 0.143. The number of carbonyl (C=O) groups is 2. The van der Waals surface area contributed by atoms with Gasteiger partial charge in [0.05, 0.1) is 5.56 Å². The number of hydrogen-bond donors (Lipinski definition) is 0. The van der Waals surface area contributed by atoms with Gasteiger partial charge in [-0.25, -0.2) is 0 Å². The van der Waals surface area contributed by atoms with Gasteiger partial charge in [-0.15, -0.1) is 0 Å². The minimum absolute atomic E-state index is 0.167. The van der Waals surface area contributed by atoms with Crippen molar-refractivity contribution in [1.29, 1.82) is 0 Å². The van der Waals surface area contributed by atoms with Crippen molar-refractivity contribution in [1.82, 2.24) is 4.57 Å². The maximum Gasteiger partial charge on any atom is 0.308 e. The number of aromatic nitrogens is 1. The van der Waals surface area contributed by atoms with E-state index in [-0.39, 0.29) is 11.5 Å². The number of benzene rings is 2. The molecule has 0 amide bonds. The average molecular weight is 347 g/mol. The van der Waals surface area contributed by atoms with Crippen LogP contribution in [0.5, 0.6) is 11.5 Å². The fourth-order valence-electron chi connectivity index (χ4n) is 3.33. The van der Waals surface area contributed by atoms with Crippen molar-refractivity contribution in [2.45, 2.75) is 13.8 Å². The Hall–Kier alpha value is -3.34. The quantitative estimate of drug-likeness (QED) is 0.399. The Balaban J connectivity index is 1.77. The molecular weight excluding hydrogens is 330 g/mol. The predicted molar refractivity (Wildman–Crippen MR) is 98.3 cm³/mol. The third-order valence-electron chi connectivity index (χ3n) is 4.42. The molecule has 1 aliphatic rings. The van der Waals surface area contributed by atoms with Crippen LogP contribution in [0.3, 0.4) is 0 Å². The van der Waals surface area contributed by atoms with Crippen LogP contribution in [0.15, 0.2) is 48.4 Å². The van der Waals surface area contributed by atoms with E-state index in [0.717, 1.165) is 16.5 Å². The van der Waals surface area contributed by atoms with Gasteiger partial charge in [0.1, 0.15) is 11.5 Å². The standard InChI is InChI=1S/C21H17NO4/c1-12-8-15(25-13(2)23)10-18-20(12)21(24)19(26-18)9-14-11-22(3)17-7-5-4-6-16(14)17/h4-11H,1-3H3/b19-9-. The Morgan fingerprint density at radius 1 is 1.23 bits per heavy atom. The zero-order valence-electron chi connectivity index (χ0n) is 14.7. The van der Waals surface area contributed by atoms with Crippen molar-refractivity contribution < 1.29 is 19.1 Å². The van der Waals surface area contributed by atoms with E-state index in [1.54, 1.807) is 25.1 Å². The molecule has 1 aromatic heterocycles. The van der Waals surface area contributed by atoms with Crippen LogP contribution in [0.2, 0.25) is 0 Å². The predicted octanol–water partition coefficient (Wildman–Crippen LogP) is 4.03. The molecule has 4 rings (SSSR count). The molecule has 0 unspecified atom stereocenters. The number of carbonyl (C=O) groups excluding carboxylic acids is 2. The summed E-state index contributed by atoms with van der Waals surface area (Å²) < 4.78 is 12.9. The number of ether oxygens (including phenoxy) is 2. The SMILES string of the molecule is CC(=O)Oc1cc(C)c2c(c1)O/C(=C\c1cn(C)c3ccccc13)C2=O. The van der Waals surface area contributed by atoms with Gasteiger partial charge in [-0.1, -0.05) is 18.2 Å². The summed E-state index contributed by atoms with van der Waals surface area (Å²) in [6.07, 6.45) is 3.73. The van der Waals surface area contributed by atoms with Crippen LogP contribution in [0.25, 0.3) is 17.0 Å². The minimum Gasteiger partial charge on any atom is -0.452 e. The lowest BCUT2D eigenvalue weighted by Gasteiger charge is -2.05. The summed E-state index contributed by atoms with van der Waals surface area (Å²) >= 11 is 0. The fourth-order valence-corrected chi connectivity index (χ4v) is 3.33. The van der Waals surface area contributed by atoms with Gasteiger partial charge < -0.3 is 14.0 Å². The molecule has 0 spiro atoms. The third-order valence-corrected chi connectivity index (χ3v) is 4.42. The molecule has 2 heterocycles. The lowest BCUT2D eigenvalue weighted by atomic mass is 10.0. The molecular formula is C21H17NO4. The first-order valence-corrected chi connectivity index (χ1v) is 8.25. The molecule has 0 N–H and O–H groups in total. The maximum absolute atomic E-state index is 12.8. The van der Waals surface area contributed by atoms with Gasteiger partial charge in [0.25, 0.3) is 0 Å². The van der Waals surface area contributed by atoms with Crippen LogP contribution in [0, 0.1) is 6.92 Å². The Bertz CT molecular complexity index is 1100. The number of Topliss-reactive ketones (excluding diaryl/α,β-unsaturated/α-hetero) is 1. The zero-order chi connectivity index (χ0) is 18.4. The number of aryl methyl sites for hydroxylation is 2. The summed E-state index contributed by atoms with van der Waals surface area (Å²) in [5, 5.41) is 1.05. The van der Waals surface area contributed by atoms with E-state index in [9.17, 15) is 9.59 Å². The van der Waals surface area contributed by atoms with Crippen molar-refractivity contribution in [3.8, 4) is 11.5 Å². The number of allylic oxidation sites excluding steroid dienone is 1. The summed E-state index contributed by atoms with van der Waals surface area (Å²) in [6.45, 7) is 3.13. The molecule has 0 saturated heterocycles. The van der Waals surface area contributed by atoms with Gasteiger partial charge in [-0.3, -0.25) is 9.59 Å². The van der Waals surface area contributed by atoms with Crippen LogP contribution in [0.1, 0.15) is 28.4 Å². The summed E-state index contributed by atoms with van der Waals surface area (Å²) in [4.78, 5) is 24.0. The third kappa shape index (κ3) is 2.58. The lowest BCUT2D eigenvalue weighted by molar-refractivity contribution is -0.131. The van der Waals surface area contributed by atoms with E-state index in [1.807, 2.05) is 42.1 Å². The molecule has 26 heavy (non-hydrogen) atoms. The number of ketones is 1. The van der Waals surface area contributed by atoms with Crippen molar-refractivity contribution in [3.63, 3.8) is 0 Å². The number of para-hydroxylation sites is 1. The van der Waals surface area contributed by atoms with Crippen molar-refractivity contribution in [2.24, 2.45) is 7.05 Å². The Labute approximate surface area is 150 Å². The van der Waals surface area contributed by atoms with Crippen molar-refractivity contribution in [3.05, 3.63) is 65.0 Å². The second kappa shape index (κ2) is 5.88. The Morgan fingerprint density at radius 2 is 2.00 bits per heavy atom. The molecule has 130 valence electrons. The summed E-state index contributed by atoms with van der Waals surface area (Å²) in [7, 11) is 1.96. The van der Waals surface area contributed by atoms with Gasteiger partial charge in [0, 0.05) is 42.7 Å². The lowest BCUT2D eigenvalue weighted by Crippen LogP contribution is -2.02. The van der Waals surface area contributed by atoms with Crippen LogP contribution >= 0.6 is 0 Å². The number of rotatable bonds is 2. The molecule has 0 aliphatic carbocycles. The molecule has 0 radical (unpaired) electrons. The Kier molecular flexibility index (Phi) is 3.65. The molecule has 0 fully saturated rings. The smallest absolute Gasteiger partial charge is 0.308 e. The van der Waals surface area contributed by atoms with Gasteiger partial charge >= 0.3 is 5.97 Å². The van der Waals surface area contributed by atoms with E-state index >= 15 is 0 Å². The molecule has 1 aliphatic heterocycles. The highest BCUT2D eigenvalue weighted by Gasteiger charge is 2.30. The van der Waals surface area contributed by atoms with Crippen molar-refractivity contribution in [2.75, 3.05) is 0 Å². The second-order valence-electron chi connectivity index (χ2n) is 6.36. The molecule has 5 heteroatoms. The summed E-state index contributed by atoms with van der Waals surface area (Å²) in [5.41, 5.74) is 3.21. The van der Waals surface area contributed by atoms with Crippen LogP contribution in [-0.4, -0.2) is 16.3 Å². The van der Waals surface area contributed by atoms with Gasteiger partial charge in [0.15, 0.2) is 5.76 Å². The van der Waals surface area contributed by atoms with E-state index in [0.29, 0.717) is 22.6 Å². The largest absolute Gasteiger partial charge is 0.452 e. The molecule has 0 bridgehead atoms. The zero-order valence-corrected chi connectivity index (χ0v) is 14.7. The van der Waals surface area contributed by atoms with Crippen LogP contribution in [0.4, 0.5) is 0 Å². The minimum atomic E-state index is -0.416. The van der Waals surface area contributed by atoms with Crippen LogP contribution < -0.4 is 9.47 Å². The summed E-state index contributed by atoms with van der Waals surface area (Å²) in [5.74, 6) is 0.463. The van der Waals surface area contributed by atoms with Gasteiger partial charge in [-0.05, 0) is 30.7 Å². The maximum atomic E-state index is 12.8.